The van der Waals surface area contributed by atoms with E-state index in [0.717, 1.165) is 22.4 Å². The van der Waals surface area contributed by atoms with Crippen molar-refractivity contribution in [1.82, 2.24) is 0 Å². The van der Waals surface area contributed by atoms with E-state index in [2.05, 4.69) is 0 Å². The number of nitro groups is 1. The molecular formula is C17H20N2O3. The van der Waals surface area contributed by atoms with E-state index in [1.165, 1.54) is 0 Å². The Morgan fingerprint density at radius 3 is 2.64 bits per heavy atom. The number of nitrogens with two attached hydrogens (primary N) is 1. The third-order valence-corrected chi connectivity index (χ3v) is 3.88. The highest BCUT2D eigenvalue weighted by Crippen LogP contribution is 2.27. The lowest BCUT2D eigenvalue weighted by Crippen LogP contribution is -2.14. The van der Waals surface area contributed by atoms with Crippen molar-refractivity contribution in [3.05, 3.63) is 68.8 Å². The molecule has 0 bridgehead atoms. The van der Waals surface area contributed by atoms with Gasteiger partial charge in [-0.25, -0.2) is 0 Å². The molecule has 0 aliphatic rings. The van der Waals surface area contributed by atoms with Crippen molar-refractivity contribution in [2.24, 2.45) is 5.73 Å². The van der Waals surface area contributed by atoms with Crippen LogP contribution in [0.1, 0.15) is 28.3 Å². The SMILES string of the molecule is COc1cccc(CC(N)c2cc(C)c(C)c([N+](=O)[O-])c2)c1. The van der Waals surface area contributed by atoms with Gasteiger partial charge >= 0.3 is 0 Å². The van der Waals surface area contributed by atoms with Crippen LogP contribution in [-0.2, 0) is 6.42 Å². The Kier molecular flexibility index (Phi) is 4.78. The molecule has 0 aliphatic heterocycles. The Labute approximate surface area is 129 Å². The topological polar surface area (TPSA) is 78.4 Å². The second kappa shape index (κ2) is 6.58. The molecule has 2 aromatic rings. The first-order valence-corrected chi connectivity index (χ1v) is 7.06. The molecule has 2 rings (SSSR count). The summed E-state index contributed by atoms with van der Waals surface area (Å²) in [5, 5.41) is 11.1. The molecule has 0 saturated carbocycles. The third-order valence-electron chi connectivity index (χ3n) is 3.88. The smallest absolute Gasteiger partial charge is 0.272 e. The summed E-state index contributed by atoms with van der Waals surface area (Å²) in [6.45, 7) is 3.62. The first-order chi connectivity index (χ1) is 10.4. The fourth-order valence-electron chi connectivity index (χ4n) is 2.44. The number of ether oxygens (including phenoxy) is 1. The quantitative estimate of drug-likeness (QED) is 0.677. The van der Waals surface area contributed by atoms with E-state index in [1.807, 2.05) is 37.3 Å². The standard InChI is InChI=1S/C17H20N2O3/c1-11-7-14(10-17(12(11)2)19(20)21)16(18)9-13-5-4-6-15(8-13)22-3/h4-8,10,16H,9,18H2,1-3H3. The molecule has 22 heavy (non-hydrogen) atoms. The molecule has 0 spiro atoms. The van der Waals surface area contributed by atoms with Crippen LogP contribution in [0.15, 0.2) is 36.4 Å². The lowest BCUT2D eigenvalue weighted by atomic mass is 9.95. The lowest BCUT2D eigenvalue weighted by molar-refractivity contribution is -0.385. The molecule has 0 saturated heterocycles. The summed E-state index contributed by atoms with van der Waals surface area (Å²) in [6, 6.07) is 10.9. The number of nitrogens with zero attached hydrogens (tertiary/aromatic N) is 1. The Bertz CT molecular complexity index is 698. The number of aryl methyl sites for hydroxylation is 1. The van der Waals surface area contributed by atoms with E-state index in [4.69, 9.17) is 10.5 Å². The van der Waals surface area contributed by atoms with Crippen LogP contribution in [0, 0.1) is 24.0 Å². The van der Waals surface area contributed by atoms with Crippen LogP contribution in [-0.4, -0.2) is 12.0 Å². The molecule has 2 aromatic carbocycles. The zero-order valence-corrected chi connectivity index (χ0v) is 13.0. The van der Waals surface area contributed by atoms with Crippen molar-refractivity contribution >= 4 is 5.69 Å². The van der Waals surface area contributed by atoms with Gasteiger partial charge in [-0.2, -0.15) is 0 Å². The molecule has 0 amide bonds. The van der Waals surface area contributed by atoms with Crippen molar-refractivity contribution in [3.63, 3.8) is 0 Å². The number of methoxy groups -OCH3 is 1. The zero-order valence-electron chi connectivity index (χ0n) is 13.0. The average molecular weight is 300 g/mol. The second-order valence-electron chi connectivity index (χ2n) is 5.40. The summed E-state index contributed by atoms with van der Waals surface area (Å²) in [4.78, 5) is 10.8. The van der Waals surface area contributed by atoms with Crippen LogP contribution in [0.25, 0.3) is 0 Å². The maximum Gasteiger partial charge on any atom is 0.272 e. The fraction of sp³-hybridized carbons (Fsp3) is 0.294. The van der Waals surface area contributed by atoms with E-state index in [1.54, 1.807) is 20.1 Å². The highest BCUT2D eigenvalue weighted by Gasteiger charge is 2.17. The Morgan fingerprint density at radius 1 is 1.27 bits per heavy atom. The second-order valence-corrected chi connectivity index (χ2v) is 5.40. The molecule has 0 fully saturated rings. The monoisotopic (exact) mass is 300 g/mol. The van der Waals surface area contributed by atoms with E-state index in [9.17, 15) is 10.1 Å². The van der Waals surface area contributed by atoms with E-state index in [-0.39, 0.29) is 16.7 Å². The first-order valence-electron chi connectivity index (χ1n) is 7.06. The molecule has 1 atom stereocenters. The highest BCUT2D eigenvalue weighted by molar-refractivity contribution is 5.48. The van der Waals surface area contributed by atoms with Crippen molar-refractivity contribution in [3.8, 4) is 5.75 Å². The molecule has 0 aliphatic carbocycles. The van der Waals surface area contributed by atoms with Gasteiger partial charge in [0.05, 0.1) is 12.0 Å². The minimum absolute atomic E-state index is 0.121. The van der Waals surface area contributed by atoms with Gasteiger partial charge in [-0.05, 0) is 49.1 Å². The molecule has 0 radical (unpaired) electrons. The predicted octanol–water partition coefficient (Wildman–Crippen LogP) is 3.46. The summed E-state index contributed by atoms with van der Waals surface area (Å²) < 4.78 is 5.20. The molecule has 1 unspecified atom stereocenters. The van der Waals surface area contributed by atoms with Crippen LogP contribution in [0.2, 0.25) is 0 Å². The maximum atomic E-state index is 11.1. The van der Waals surface area contributed by atoms with Crippen LogP contribution < -0.4 is 10.5 Å². The predicted molar refractivity (Wildman–Crippen MR) is 86.2 cm³/mol. The minimum atomic E-state index is -0.357. The van der Waals surface area contributed by atoms with Gasteiger partial charge in [0.2, 0.25) is 0 Å². The highest BCUT2D eigenvalue weighted by atomic mass is 16.6. The van der Waals surface area contributed by atoms with Crippen molar-refractivity contribution < 1.29 is 9.66 Å². The largest absolute Gasteiger partial charge is 0.497 e. The van der Waals surface area contributed by atoms with Crippen molar-refractivity contribution in [1.29, 1.82) is 0 Å². The van der Waals surface area contributed by atoms with Crippen LogP contribution >= 0.6 is 0 Å². The maximum absolute atomic E-state index is 11.1. The van der Waals surface area contributed by atoms with E-state index < -0.39 is 0 Å². The molecule has 5 heteroatoms. The van der Waals surface area contributed by atoms with Gasteiger partial charge in [0, 0.05) is 17.7 Å². The Hall–Kier alpha value is -2.40. The molecule has 5 nitrogen and oxygen atoms in total. The molecule has 2 N–H and O–H groups in total. The average Bonchev–Trinajstić information content (AvgIpc) is 2.49. The summed E-state index contributed by atoms with van der Waals surface area (Å²) in [6.07, 6.45) is 0.594. The van der Waals surface area contributed by atoms with Crippen molar-refractivity contribution in [2.75, 3.05) is 7.11 Å². The van der Waals surface area contributed by atoms with Crippen LogP contribution in [0.4, 0.5) is 5.69 Å². The Morgan fingerprint density at radius 2 is 2.00 bits per heavy atom. The number of benzene rings is 2. The van der Waals surface area contributed by atoms with E-state index >= 15 is 0 Å². The van der Waals surface area contributed by atoms with Gasteiger partial charge in [0.15, 0.2) is 0 Å². The summed E-state index contributed by atoms with van der Waals surface area (Å²) in [7, 11) is 1.62. The number of rotatable bonds is 5. The zero-order chi connectivity index (χ0) is 16.3. The van der Waals surface area contributed by atoms with Gasteiger partial charge in [0.25, 0.3) is 5.69 Å². The van der Waals surface area contributed by atoms with Gasteiger partial charge < -0.3 is 10.5 Å². The fourth-order valence-corrected chi connectivity index (χ4v) is 2.44. The normalized spacial score (nSPS) is 12.0. The number of hydrogen-bond donors (Lipinski definition) is 1. The van der Waals surface area contributed by atoms with Gasteiger partial charge in [-0.1, -0.05) is 18.2 Å². The van der Waals surface area contributed by atoms with Crippen molar-refractivity contribution in [2.45, 2.75) is 26.3 Å². The summed E-state index contributed by atoms with van der Waals surface area (Å²) >= 11 is 0. The number of nitro benzene ring substituents is 1. The lowest BCUT2D eigenvalue weighted by Gasteiger charge is -2.14. The summed E-state index contributed by atoms with van der Waals surface area (Å²) in [5.74, 6) is 0.774. The molecule has 0 aromatic heterocycles. The summed E-state index contributed by atoms with van der Waals surface area (Å²) in [5.41, 5.74) is 9.74. The first kappa shape index (κ1) is 16.0. The Balaban J connectivity index is 2.29. The van der Waals surface area contributed by atoms with Gasteiger partial charge in [-0.3, -0.25) is 10.1 Å². The van der Waals surface area contributed by atoms with E-state index in [0.29, 0.717) is 12.0 Å². The van der Waals surface area contributed by atoms with Crippen LogP contribution in [0.5, 0.6) is 5.75 Å². The minimum Gasteiger partial charge on any atom is -0.497 e. The van der Waals surface area contributed by atoms with Crippen LogP contribution in [0.3, 0.4) is 0 Å². The van der Waals surface area contributed by atoms with Gasteiger partial charge in [0.1, 0.15) is 5.75 Å². The van der Waals surface area contributed by atoms with Gasteiger partial charge in [-0.15, -0.1) is 0 Å². The third kappa shape index (κ3) is 3.43. The number of hydrogen-bond acceptors (Lipinski definition) is 4. The molecule has 116 valence electrons. The molecular weight excluding hydrogens is 280 g/mol. The molecule has 0 heterocycles.